The predicted molar refractivity (Wildman–Crippen MR) is 107 cm³/mol. The average Bonchev–Trinajstić information content (AvgIpc) is 3.37. The molecule has 0 amide bonds. The molecule has 28 heavy (non-hydrogen) atoms. The maximum absolute atomic E-state index is 15.0. The summed E-state index contributed by atoms with van der Waals surface area (Å²) < 4.78 is 16.8. The summed E-state index contributed by atoms with van der Waals surface area (Å²) in [5, 5.41) is 9.47. The van der Waals surface area contributed by atoms with Gasteiger partial charge in [0.1, 0.15) is 11.4 Å². The molecular weight excluding hydrogens is 361 g/mol. The smallest absolute Gasteiger partial charge is 0.341 e. The lowest BCUT2D eigenvalue weighted by molar-refractivity contribution is 0.0695. The summed E-state index contributed by atoms with van der Waals surface area (Å²) in [7, 11) is 0. The first-order valence-electron chi connectivity index (χ1n) is 9.90. The number of pyridine rings is 1. The van der Waals surface area contributed by atoms with Crippen LogP contribution in [0.5, 0.6) is 0 Å². The molecule has 1 saturated heterocycles. The number of carboxylic acid groups (broad SMARTS) is 1. The zero-order valence-corrected chi connectivity index (χ0v) is 16.2. The third-order valence-electron chi connectivity index (χ3n) is 6.15. The van der Waals surface area contributed by atoms with Crippen molar-refractivity contribution in [3.8, 4) is 0 Å². The molecule has 6 nitrogen and oxygen atoms in total. The molecule has 2 fully saturated rings. The molecule has 1 aromatic carbocycles. The minimum Gasteiger partial charge on any atom is -0.477 e. The Balaban J connectivity index is 1.78. The number of fused-ring (bicyclic) bond motifs is 1. The van der Waals surface area contributed by atoms with Crippen molar-refractivity contribution in [1.29, 1.82) is 0 Å². The largest absolute Gasteiger partial charge is 0.477 e. The monoisotopic (exact) mass is 387 g/mol. The number of carboxylic acids is 1. The van der Waals surface area contributed by atoms with E-state index in [1.165, 1.54) is 12.3 Å². The van der Waals surface area contributed by atoms with Crippen LogP contribution in [0.15, 0.2) is 23.1 Å². The molecule has 1 aromatic heterocycles. The van der Waals surface area contributed by atoms with Gasteiger partial charge in [-0.3, -0.25) is 4.79 Å². The van der Waals surface area contributed by atoms with Crippen molar-refractivity contribution in [1.82, 2.24) is 4.57 Å². The molecule has 1 aliphatic heterocycles. The Hall–Kier alpha value is -2.41. The number of anilines is 1. The summed E-state index contributed by atoms with van der Waals surface area (Å²) in [6.45, 7) is 5.59. The minimum atomic E-state index is -1.28. The van der Waals surface area contributed by atoms with E-state index in [-0.39, 0.29) is 23.0 Å². The molecule has 2 heterocycles. The van der Waals surface area contributed by atoms with Gasteiger partial charge in [-0.25, -0.2) is 9.18 Å². The number of hydrogen-bond donors (Lipinski definition) is 2. The number of halogens is 1. The molecule has 3 N–H and O–H groups in total. The van der Waals surface area contributed by atoms with E-state index >= 15 is 0 Å². The summed E-state index contributed by atoms with van der Waals surface area (Å²) in [6, 6.07) is 3.14. The third-order valence-corrected chi connectivity index (χ3v) is 6.15. The SMILES string of the molecule is CC(C)C(N)C1CCN(c2cc3c(cc2F)c(=O)c(C(=O)O)cn3C2CC2)C1. The van der Waals surface area contributed by atoms with Crippen LogP contribution in [-0.4, -0.2) is 34.8 Å². The maximum Gasteiger partial charge on any atom is 0.341 e. The van der Waals surface area contributed by atoms with E-state index in [0.29, 0.717) is 36.1 Å². The van der Waals surface area contributed by atoms with Crippen molar-refractivity contribution in [2.75, 3.05) is 18.0 Å². The standard InChI is InChI=1S/C21H26FN3O3/c1-11(2)19(23)12-5-6-24(9-12)18-8-17-14(7-16(18)22)20(26)15(21(27)28)10-25(17)13-3-4-13/h7-8,10-13,19H,3-6,9,23H2,1-2H3,(H,27,28). The molecule has 2 aliphatic rings. The molecule has 1 saturated carbocycles. The van der Waals surface area contributed by atoms with E-state index in [4.69, 9.17) is 5.73 Å². The van der Waals surface area contributed by atoms with E-state index in [9.17, 15) is 19.1 Å². The van der Waals surface area contributed by atoms with E-state index in [2.05, 4.69) is 13.8 Å². The molecule has 2 atom stereocenters. The summed E-state index contributed by atoms with van der Waals surface area (Å²) in [5.74, 6) is -1.11. The van der Waals surface area contributed by atoms with Crippen molar-refractivity contribution in [2.45, 2.75) is 45.2 Å². The number of aromatic nitrogens is 1. The van der Waals surface area contributed by atoms with Crippen LogP contribution in [0.25, 0.3) is 10.9 Å². The number of nitrogens with two attached hydrogens (primary N) is 1. The molecule has 7 heteroatoms. The Morgan fingerprint density at radius 2 is 2.00 bits per heavy atom. The fourth-order valence-corrected chi connectivity index (χ4v) is 4.27. The first-order valence-corrected chi connectivity index (χ1v) is 9.90. The van der Waals surface area contributed by atoms with Crippen molar-refractivity contribution < 1.29 is 14.3 Å². The highest BCUT2D eigenvalue weighted by molar-refractivity contribution is 5.93. The van der Waals surface area contributed by atoms with Crippen molar-refractivity contribution in [2.24, 2.45) is 17.6 Å². The summed E-state index contributed by atoms with van der Waals surface area (Å²) in [4.78, 5) is 26.0. The van der Waals surface area contributed by atoms with Crippen LogP contribution in [0, 0.1) is 17.7 Å². The number of rotatable bonds is 5. The lowest BCUT2D eigenvalue weighted by Crippen LogP contribution is -2.36. The molecule has 4 rings (SSSR count). The average molecular weight is 387 g/mol. The van der Waals surface area contributed by atoms with Crippen molar-refractivity contribution >= 4 is 22.6 Å². The molecule has 0 radical (unpaired) electrons. The van der Waals surface area contributed by atoms with Gasteiger partial charge in [-0.1, -0.05) is 13.8 Å². The fourth-order valence-electron chi connectivity index (χ4n) is 4.27. The molecule has 0 spiro atoms. The molecule has 0 bridgehead atoms. The van der Waals surface area contributed by atoms with E-state index < -0.39 is 17.2 Å². The second-order valence-corrected chi connectivity index (χ2v) is 8.45. The van der Waals surface area contributed by atoms with Crippen LogP contribution in [-0.2, 0) is 0 Å². The van der Waals surface area contributed by atoms with Crippen LogP contribution in [0.1, 0.15) is 49.5 Å². The van der Waals surface area contributed by atoms with Crippen LogP contribution in [0.3, 0.4) is 0 Å². The Bertz CT molecular complexity index is 997. The van der Waals surface area contributed by atoms with Gasteiger partial charge in [-0.05, 0) is 43.2 Å². The van der Waals surface area contributed by atoms with E-state index in [1.807, 2.05) is 9.47 Å². The topological polar surface area (TPSA) is 88.6 Å². The Morgan fingerprint density at radius 3 is 2.61 bits per heavy atom. The van der Waals surface area contributed by atoms with E-state index in [0.717, 1.165) is 19.3 Å². The second kappa shape index (κ2) is 6.88. The summed E-state index contributed by atoms with van der Waals surface area (Å²) >= 11 is 0. The van der Waals surface area contributed by atoms with Crippen LogP contribution < -0.4 is 16.1 Å². The van der Waals surface area contributed by atoms with Crippen molar-refractivity contribution in [3.63, 3.8) is 0 Å². The van der Waals surface area contributed by atoms with Crippen LogP contribution in [0.4, 0.5) is 10.1 Å². The van der Waals surface area contributed by atoms with Gasteiger partial charge in [0.05, 0.1) is 11.2 Å². The van der Waals surface area contributed by atoms with Gasteiger partial charge in [0.25, 0.3) is 0 Å². The minimum absolute atomic E-state index is 0.0660. The third kappa shape index (κ3) is 3.17. The fraction of sp³-hybridized carbons (Fsp3) is 0.524. The number of nitrogens with zero attached hydrogens (tertiary/aromatic N) is 2. The second-order valence-electron chi connectivity index (χ2n) is 8.45. The van der Waals surface area contributed by atoms with Gasteiger partial charge in [-0.15, -0.1) is 0 Å². The first kappa shape index (κ1) is 18.9. The quantitative estimate of drug-likeness (QED) is 0.823. The Kier molecular flexibility index (Phi) is 4.65. The molecular formula is C21H26FN3O3. The van der Waals surface area contributed by atoms with Gasteiger partial charge in [0, 0.05) is 36.8 Å². The highest BCUT2D eigenvalue weighted by Crippen LogP contribution is 2.38. The van der Waals surface area contributed by atoms with Crippen LogP contribution in [0.2, 0.25) is 0 Å². The first-order chi connectivity index (χ1) is 13.3. The zero-order chi connectivity index (χ0) is 20.2. The Labute approximate surface area is 162 Å². The molecule has 2 aromatic rings. The lowest BCUT2D eigenvalue weighted by Gasteiger charge is -2.25. The molecule has 2 unspecified atom stereocenters. The predicted octanol–water partition coefficient (Wildman–Crippen LogP) is 2.98. The van der Waals surface area contributed by atoms with Gasteiger partial charge in [-0.2, -0.15) is 0 Å². The lowest BCUT2D eigenvalue weighted by atomic mass is 9.91. The summed E-state index contributed by atoms with van der Waals surface area (Å²) in [5.41, 5.74) is 6.43. The van der Waals surface area contributed by atoms with Gasteiger partial charge < -0.3 is 20.3 Å². The number of benzene rings is 1. The van der Waals surface area contributed by atoms with Crippen LogP contribution >= 0.6 is 0 Å². The highest BCUT2D eigenvalue weighted by atomic mass is 19.1. The van der Waals surface area contributed by atoms with Gasteiger partial charge >= 0.3 is 5.97 Å². The number of carbonyl (C=O) groups is 1. The van der Waals surface area contributed by atoms with Gasteiger partial charge in [0.15, 0.2) is 0 Å². The normalized spacial score (nSPS) is 20.9. The Morgan fingerprint density at radius 1 is 1.29 bits per heavy atom. The number of hydrogen-bond acceptors (Lipinski definition) is 4. The maximum atomic E-state index is 15.0. The number of aromatic carboxylic acids is 1. The zero-order valence-electron chi connectivity index (χ0n) is 16.2. The molecule has 150 valence electrons. The highest BCUT2D eigenvalue weighted by Gasteiger charge is 2.32. The summed E-state index contributed by atoms with van der Waals surface area (Å²) in [6.07, 6.45) is 4.18. The van der Waals surface area contributed by atoms with Crippen molar-refractivity contribution in [3.05, 3.63) is 39.9 Å². The van der Waals surface area contributed by atoms with E-state index in [1.54, 1.807) is 6.07 Å². The van der Waals surface area contributed by atoms with Gasteiger partial charge in [0.2, 0.25) is 5.43 Å². The molecule has 1 aliphatic carbocycles.